The zero-order valence-electron chi connectivity index (χ0n) is 16.0. The van der Waals surface area contributed by atoms with Crippen LogP contribution in [-0.4, -0.2) is 55.2 Å². The Labute approximate surface area is 193 Å². The molecule has 2 aromatic rings. The number of oxazole rings is 1. The Hall–Kier alpha value is -2.51. The van der Waals surface area contributed by atoms with Crippen molar-refractivity contribution in [2.45, 2.75) is 28.9 Å². The van der Waals surface area contributed by atoms with Crippen molar-refractivity contribution in [2.75, 3.05) is 5.75 Å². The van der Waals surface area contributed by atoms with Crippen molar-refractivity contribution in [1.29, 1.82) is 0 Å². The minimum atomic E-state index is -4.49. The van der Waals surface area contributed by atoms with Gasteiger partial charge in [-0.25, -0.2) is 9.78 Å². The number of carboxylic acids is 1. The van der Waals surface area contributed by atoms with Gasteiger partial charge in [-0.2, -0.15) is 13.2 Å². The molecule has 2 aliphatic heterocycles. The van der Waals surface area contributed by atoms with E-state index in [-0.39, 0.29) is 11.4 Å². The summed E-state index contributed by atoms with van der Waals surface area (Å²) in [5, 5.41) is 11.5. The molecule has 0 bridgehead atoms. The molecule has 1 aromatic carbocycles. The summed E-state index contributed by atoms with van der Waals surface area (Å²) in [5.74, 6) is -1.16. The number of fused-ring (bicyclic) bond motifs is 1. The summed E-state index contributed by atoms with van der Waals surface area (Å²) in [4.78, 5) is 30.4. The number of thioether (sulfide) groups is 2. The first-order valence-corrected chi connectivity index (χ1v) is 11.4. The number of hydrogen-bond donors (Lipinski definition) is 2. The number of thiocarbonyl (C=S) groups is 1. The predicted molar refractivity (Wildman–Crippen MR) is 116 cm³/mol. The van der Waals surface area contributed by atoms with Gasteiger partial charge in [0.25, 0.3) is 5.91 Å². The minimum Gasteiger partial charge on any atom is -0.477 e. The zero-order valence-corrected chi connectivity index (χ0v) is 18.4. The van der Waals surface area contributed by atoms with Gasteiger partial charge in [0.15, 0.2) is 0 Å². The molecule has 0 spiro atoms. The monoisotopic (exact) mass is 501 g/mol. The standard InChI is InChI=1S/C19H14F3N3O4S3/c20-19(21,22)7-12(30)24-13-16(26)25-14(18(27)28)11(8-31-17(13)25)32-10-3-1-9(2-4-10)15-23-5-6-29-15/h1-6,13,17H,7-8H2,(H,24,30)(H,27,28)/t13-,17+/m1/s1. The summed E-state index contributed by atoms with van der Waals surface area (Å²) in [6.07, 6.45) is -2.84. The Balaban J connectivity index is 1.49. The first-order chi connectivity index (χ1) is 15.1. The fraction of sp³-hybridized carbons (Fsp3) is 0.263. The van der Waals surface area contributed by atoms with Crippen molar-refractivity contribution in [1.82, 2.24) is 15.2 Å². The predicted octanol–water partition coefficient (Wildman–Crippen LogP) is 3.88. The minimum absolute atomic E-state index is 0.166. The molecule has 0 aliphatic carbocycles. The number of nitrogens with one attached hydrogen (secondary N) is 1. The van der Waals surface area contributed by atoms with Crippen molar-refractivity contribution in [3.63, 3.8) is 0 Å². The molecule has 3 heterocycles. The molecule has 0 saturated carbocycles. The smallest absolute Gasteiger partial charge is 0.395 e. The molecule has 4 rings (SSSR count). The number of carboxylic acid groups (broad SMARTS) is 1. The SMILES string of the molecule is O=C(O)C1=C(Sc2ccc(-c3ncco3)cc2)CS[C@H]2[C@H](NC(=S)CC(F)(F)F)C(=O)N12. The first-order valence-electron chi connectivity index (χ1n) is 9.09. The molecule has 1 fully saturated rings. The molecule has 1 amide bonds. The van der Waals surface area contributed by atoms with Crippen molar-refractivity contribution in [3.8, 4) is 11.5 Å². The van der Waals surface area contributed by atoms with Gasteiger partial charge in [-0.3, -0.25) is 9.69 Å². The lowest BCUT2D eigenvalue weighted by molar-refractivity contribution is -0.148. The highest BCUT2D eigenvalue weighted by atomic mass is 32.2. The second-order valence-electron chi connectivity index (χ2n) is 6.79. The second kappa shape index (κ2) is 8.79. The molecule has 0 unspecified atom stereocenters. The van der Waals surface area contributed by atoms with Crippen molar-refractivity contribution >= 4 is 52.6 Å². The van der Waals surface area contributed by atoms with Crippen LogP contribution in [0, 0.1) is 0 Å². The van der Waals surface area contributed by atoms with Gasteiger partial charge in [0.05, 0.1) is 17.6 Å². The topological polar surface area (TPSA) is 95.7 Å². The molecule has 32 heavy (non-hydrogen) atoms. The van der Waals surface area contributed by atoms with Crippen molar-refractivity contribution in [3.05, 3.63) is 47.3 Å². The number of aliphatic carboxylic acids is 1. The normalized spacial score (nSPS) is 20.6. The summed E-state index contributed by atoms with van der Waals surface area (Å²) < 4.78 is 42.8. The maximum absolute atomic E-state index is 12.6. The van der Waals surface area contributed by atoms with Gasteiger partial charge in [0.1, 0.15) is 23.4 Å². The summed E-state index contributed by atoms with van der Waals surface area (Å²) >= 11 is 7.18. The van der Waals surface area contributed by atoms with Crippen LogP contribution in [0.4, 0.5) is 13.2 Å². The number of nitrogens with zero attached hydrogens (tertiary/aromatic N) is 2. The van der Waals surface area contributed by atoms with Crippen LogP contribution in [0.2, 0.25) is 0 Å². The molecule has 7 nitrogen and oxygen atoms in total. The zero-order chi connectivity index (χ0) is 23.0. The van der Waals surface area contributed by atoms with Crippen LogP contribution >= 0.6 is 35.7 Å². The quantitative estimate of drug-likeness (QED) is 0.452. The van der Waals surface area contributed by atoms with Gasteiger partial charge in [0, 0.05) is 21.1 Å². The average molecular weight is 502 g/mol. The van der Waals surface area contributed by atoms with Crippen LogP contribution in [0.5, 0.6) is 0 Å². The van der Waals surface area contributed by atoms with Gasteiger partial charge in [-0.05, 0) is 24.3 Å². The molecule has 168 valence electrons. The molecule has 0 radical (unpaired) electrons. The van der Waals surface area contributed by atoms with Crippen molar-refractivity contribution < 1.29 is 32.3 Å². The number of carbonyl (C=O) groups is 2. The number of amides is 1. The third kappa shape index (κ3) is 4.64. The Morgan fingerprint density at radius 1 is 1.38 bits per heavy atom. The van der Waals surface area contributed by atoms with Crippen LogP contribution in [-0.2, 0) is 9.59 Å². The van der Waals surface area contributed by atoms with E-state index in [1.54, 1.807) is 24.3 Å². The Morgan fingerprint density at radius 3 is 2.69 bits per heavy atom. The second-order valence-corrected chi connectivity index (χ2v) is 9.55. The fourth-order valence-corrected chi connectivity index (χ4v) is 6.01. The van der Waals surface area contributed by atoms with E-state index in [1.165, 1.54) is 36.0 Å². The maximum atomic E-state index is 12.6. The highest BCUT2D eigenvalue weighted by molar-refractivity contribution is 8.06. The van der Waals surface area contributed by atoms with E-state index in [0.29, 0.717) is 10.8 Å². The van der Waals surface area contributed by atoms with E-state index < -0.39 is 40.9 Å². The van der Waals surface area contributed by atoms with E-state index >= 15 is 0 Å². The molecular formula is C19H14F3N3O4S3. The van der Waals surface area contributed by atoms with Crippen LogP contribution in [0.3, 0.4) is 0 Å². The Morgan fingerprint density at radius 2 is 2.09 bits per heavy atom. The van der Waals surface area contributed by atoms with Crippen LogP contribution in [0.1, 0.15) is 6.42 Å². The van der Waals surface area contributed by atoms with Gasteiger partial charge >= 0.3 is 12.1 Å². The molecular weight excluding hydrogens is 487 g/mol. The van der Waals surface area contributed by atoms with E-state index in [4.69, 9.17) is 16.6 Å². The number of rotatable bonds is 6. The Kier molecular flexibility index (Phi) is 6.23. The lowest BCUT2D eigenvalue weighted by Crippen LogP contribution is -2.70. The van der Waals surface area contributed by atoms with E-state index in [0.717, 1.165) is 15.4 Å². The third-order valence-corrected chi connectivity index (χ3v) is 7.40. The average Bonchev–Trinajstić information content (AvgIpc) is 3.25. The van der Waals surface area contributed by atoms with Gasteiger partial charge in [-0.15, -0.1) is 11.8 Å². The van der Waals surface area contributed by atoms with Crippen molar-refractivity contribution in [2.24, 2.45) is 0 Å². The summed E-state index contributed by atoms with van der Waals surface area (Å²) in [6.45, 7) is 0. The lowest BCUT2D eigenvalue weighted by Gasteiger charge is -2.49. The molecule has 2 aliphatic rings. The number of carbonyl (C=O) groups excluding carboxylic acids is 1. The largest absolute Gasteiger partial charge is 0.477 e. The van der Waals surface area contributed by atoms with Gasteiger partial charge in [0.2, 0.25) is 5.89 Å². The highest BCUT2D eigenvalue weighted by Gasteiger charge is 2.54. The number of alkyl halides is 3. The first kappa shape index (κ1) is 22.7. The number of hydrogen-bond acceptors (Lipinski definition) is 7. The summed E-state index contributed by atoms with van der Waals surface area (Å²) in [5.41, 5.74) is 0.590. The highest BCUT2D eigenvalue weighted by Crippen LogP contribution is 2.45. The molecule has 13 heteroatoms. The Bertz CT molecular complexity index is 1090. The number of β-lactam (4-membered cyclic amide) rings is 1. The fourth-order valence-electron chi connectivity index (χ4n) is 3.25. The number of benzene rings is 1. The van der Waals surface area contributed by atoms with Crippen LogP contribution < -0.4 is 5.32 Å². The van der Waals surface area contributed by atoms with Crippen LogP contribution in [0.25, 0.3) is 11.5 Å². The molecule has 1 saturated heterocycles. The van der Waals surface area contributed by atoms with Crippen LogP contribution in [0.15, 0.2) is 56.6 Å². The molecule has 1 aromatic heterocycles. The third-order valence-electron chi connectivity index (χ3n) is 4.59. The lowest BCUT2D eigenvalue weighted by atomic mass is 10.0. The van der Waals surface area contributed by atoms with Gasteiger partial charge in [-0.1, -0.05) is 24.0 Å². The maximum Gasteiger partial charge on any atom is 0.395 e. The molecule has 2 N–H and O–H groups in total. The van der Waals surface area contributed by atoms with E-state index in [2.05, 4.69) is 10.3 Å². The van der Waals surface area contributed by atoms with Gasteiger partial charge < -0.3 is 14.8 Å². The van der Waals surface area contributed by atoms with E-state index in [1.807, 2.05) is 0 Å². The summed E-state index contributed by atoms with van der Waals surface area (Å²) in [6, 6.07) is 6.14. The van der Waals surface area contributed by atoms with E-state index in [9.17, 15) is 27.9 Å². The number of aromatic nitrogens is 1. The number of halogens is 3. The molecule has 2 atom stereocenters. The summed E-state index contributed by atoms with van der Waals surface area (Å²) in [7, 11) is 0.